The van der Waals surface area contributed by atoms with Crippen LogP contribution in [0.25, 0.3) is 0 Å². The Kier molecular flexibility index (Phi) is 8.86. The van der Waals surface area contributed by atoms with Crippen LogP contribution >= 0.6 is 0 Å². The summed E-state index contributed by atoms with van der Waals surface area (Å²) in [7, 11) is 2.14. The Balaban J connectivity index is 2.07. The van der Waals surface area contributed by atoms with Gasteiger partial charge in [0.05, 0.1) is 6.54 Å². The Morgan fingerprint density at radius 2 is 1.90 bits per heavy atom. The molecule has 0 aromatic heterocycles. The molecule has 1 aliphatic carbocycles. The molecule has 1 unspecified atom stereocenters. The van der Waals surface area contributed by atoms with Crippen molar-refractivity contribution in [2.24, 2.45) is 0 Å². The molecular formula is C16H33N3O. The molecule has 1 atom stereocenters. The van der Waals surface area contributed by atoms with Crippen LogP contribution in [0.5, 0.6) is 0 Å². The van der Waals surface area contributed by atoms with Crippen molar-refractivity contribution < 1.29 is 4.79 Å². The van der Waals surface area contributed by atoms with Crippen LogP contribution in [0.2, 0.25) is 0 Å². The van der Waals surface area contributed by atoms with Gasteiger partial charge in [-0.2, -0.15) is 0 Å². The molecule has 0 aliphatic heterocycles. The summed E-state index contributed by atoms with van der Waals surface area (Å²) < 4.78 is 0. The van der Waals surface area contributed by atoms with Gasteiger partial charge in [0.25, 0.3) is 0 Å². The van der Waals surface area contributed by atoms with E-state index >= 15 is 0 Å². The summed E-state index contributed by atoms with van der Waals surface area (Å²) in [6, 6.07) is 1.02. The fourth-order valence-electron chi connectivity index (χ4n) is 2.69. The highest BCUT2D eigenvalue weighted by Crippen LogP contribution is 2.16. The van der Waals surface area contributed by atoms with Crippen molar-refractivity contribution >= 4 is 5.91 Å². The predicted octanol–water partition coefficient (Wildman–Crippen LogP) is 2.15. The lowest BCUT2D eigenvalue weighted by atomic mass is 10.1. The standard InChI is InChI=1S/C16H33N3O/c1-4-14(2)19(3)12-11-17-13-16(20)18-15-9-7-5-6-8-10-15/h14-15,17H,4-13H2,1-3H3,(H,18,20). The van der Waals surface area contributed by atoms with Gasteiger partial charge in [0.1, 0.15) is 0 Å². The molecule has 0 bridgehead atoms. The number of hydrogen-bond donors (Lipinski definition) is 2. The van der Waals surface area contributed by atoms with Crippen LogP contribution in [-0.4, -0.2) is 49.6 Å². The first-order chi connectivity index (χ1) is 9.63. The van der Waals surface area contributed by atoms with Crippen molar-refractivity contribution in [3.63, 3.8) is 0 Å². The lowest BCUT2D eigenvalue weighted by Gasteiger charge is -2.23. The normalized spacial score (nSPS) is 18.8. The molecule has 1 saturated carbocycles. The minimum atomic E-state index is 0.156. The Hall–Kier alpha value is -0.610. The zero-order valence-corrected chi connectivity index (χ0v) is 13.6. The van der Waals surface area contributed by atoms with Crippen molar-refractivity contribution in [3.8, 4) is 0 Å². The monoisotopic (exact) mass is 283 g/mol. The SMILES string of the molecule is CCC(C)N(C)CCNCC(=O)NC1CCCCCC1. The van der Waals surface area contributed by atoms with E-state index in [9.17, 15) is 4.79 Å². The van der Waals surface area contributed by atoms with Crippen molar-refractivity contribution in [3.05, 3.63) is 0 Å². The third-order valence-corrected chi connectivity index (χ3v) is 4.49. The highest BCUT2D eigenvalue weighted by atomic mass is 16.1. The molecule has 1 aliphatic rings. The van der Waals surface area contributed by atoms with Gasteiger partial charge in [-0.1, -0.05) is 32.6 Å². The van der Waals surface area contributed by atoms with E-state index in [0.717, 1.165) is 25.9 Å². The molecular weight excluding hydrogens is 250 g/mol. The van der Waals surface area contributed by atoms with Gasteiger partial charge in [-0.3, -0.25) is 4.79 Å². The second kappa shape index (κ2) is 10.2. The summed E-state index contributed by atoms with van der Waals surface area (Å²) in [5.41, 5.74) is 0. The molecule has 0 saturated heterocycles. The molecule has 20 heavy (non-hydrogen) atoms. The van der Waals surface area contributed by atoms with E-state index < -0.39 is 0 Å². The number of amides is 1. The van der Waals surface area contributed by atoms with Gasteiger partial charge < -0.3 is 15.5 Å². The van der Waals surface area contributed by atoms with E-state index in [-0.39, 0.29) is 5.91 Å². The van der Waals surface area contributed by atoms with Crippen LogP contribution < -0.4 is 10.6 Å². The summed E-state index contributed by atoms with van der Waals surface area (Å²) >= 11 is 0. The Morgan fingerprint density at radius 3 is 2.50 bits per heavy atom. The zero-order valence-electron chi connectivity index (χ0n) is 13.6. The minimum Gasteiger partial charge on any atom is -0.352 e. The molecule has 4 nitrogen and oxygen atoms in total. The summed E-state index contributed by atoms with van der Waals surface area (Å²) in [6.45, 7) is 6.75. The Labute approximate surface area is 124 Å². The highest BCUT2D eigenvalue weighted by Gasteiger charge is 2.14. The van der Waals surface area contributed by atoms with Gasteiger partial charge >= 0.3 is 0 Å². The van der Waals surface area contributed by atoms with E-state index in [0.29, 0.717) is 18.6 Å². The fraction of sp³-hybridized carbons (Fsp3) is 0.938. The summed E-state index contributed by atoms with van der Waals surface area (Å²) in [4.78, 5) is 14.2. The number of carbonyl (C=O) groups is 1. The summed E-state index contributed by atoms with van der Waals surface area (Å²) in [5.74, 6) is 0.156. The average molecular weight is 283 g/mol. The van der Waals surface area contributed by atoms with E-state index in [4.69, 9.17) is 0 Å². The topological polar surface area (TPSA) is 44.4 Å². The summed E-state index contributed by atoms with van der Waals surface area (Å²) in [5, 5.41) is 6.41. The van der Waals surface area contributed by atoms with Crippen molar-refractivity contribution in [1.29, 1.82) is 0 Å². The van der Waals surface area contributed by atoms with Crippen molar-refractivity contribution in [2.75, 3.05) is 26.7 Å². The summed E-state index contributed by atoms with van der Waals surface area (Å²) in [6.07, 6.45) is 8.65. The van der Waals surface area contributed by atoms with Crippen LogP contribution in [0.4, 0.5) is 0 Å². The van der Waals surface area contributed by atoms with E-state index in [1.165, 1.54) is 32.1 Å². The van der Waals surface area contributed by atoms with Crippen molar-refractivity contribution in [2.45, 2.75) is 70.9 Å². The largest absolute Gasteiger partial charge is 0.352 e. The Bertz CT molecular complexity index is 262. The van der Waals surface area contributed by atoms with Gasteiger partial charge in [0.15, 0.2) is 0 Å². The maximum atomic E-state index is 11.9. The molecule has 118 valence electrons. The van der Waals surface area contributed by atoms with Crippen molar-refractivity contribution in [1.82, 2.24) is 15.5 Å². The molecule has 1 fully saturated rings. The van der Waals surface area contributed by atoms with Crippen LogP contribution in [0, 0.1) is 0 Å². The molecule has 0 spiro atoms. The fourth-order valence-corrected chi connectivity index (χ4v) is 2.69. The van der Waals surface area contributed by atoms with Gasteiger partial charge in [0, 0.05) is 25.2 Å². The number of nitrogens with zero attached hydrogens (tertiary/aromatic N) is 1. The average Bonchev–Trinajstić information content (AvgIpc) is 2.71. The quantitative estimate of drug-likeness (QED) is 0.530. The first-order valence-corrected chi connectivity index (χ1v) is 8.33. The van der Waals surface area contributed by atoms with E-state index in [2.05, 4.69) is 36.4 Å². The number of carbonyl (C=O) groups excluding carboxylic acids is 1. The maximum Gasteiger partial charge on any atom is 0.234 e. The van der Waals surface area contributed by atoms with E-state index in [1.807, 2.05) is 0 Å². The third-order valence-electron chi connectivity index (χ3n) is 4.49. The number of hydrogen-bond acceptors (Lipinski definition) is 3. The molecule has 0 aromatic rings. The van der Waals surface area contributed by atoms with Gasteiger partial charge in [-0.05, 0) is 33.2 Å². The van der Waals surface area contributed by atoms with Crippen LogP contribution in [0.15, 0.2) is 0 Å². The second-order valence-electron chi connectivity index (χ2n) is 6.17. The van der Waals surface area contributed by atoms with Crippen LogP contribution in [-0.2, 0) is 4.79 Å². The maximum absolute atomic E-state index is 11.9. The lowest BCUT2D eigenvalue weighted by Crippen LogP contribution is -2.42. The Morgan fingerprint density at radius 1 is 1.25 bits per heavy atom. The third kappa shape index (κ3) is 7.25. The molecule has 4 heteroatoms. The first kappa shape index (κ1) is 17.4. The number of rotatable bonds is 8. The molecule has 1 rings (SSSR count). The lowest BCUT2D eigenvalue weighted by molar-refractivity contribution is -0.121. The minimum absolute atomic E-state index is 0.156. The molecule has 0 radical (unpaired) electrons. The van der Waals surface area contributed by atoms with Gasteiger partial charge in [0.2, 0.25) is 5.91 Å². The molecule has 0 aromatic carbocycles. The van der Waals surface area contributed by atoms with Crippen LogP contribution in [0.3, 0.4) is 0 Å². The first-order valence-electron chi connectivity index (χ1n) is 8.33. The predicted molar refractivity (Wildman–Crippen MR) is 84.9 cm³/mol. The number of likely N-dealkylation sites (N-methyl/N-ethyl adjacent to an activating group) is 1. The van der Waals surface area contributed by atoms with Crippen LogP contribution in [0.1, 0.15) is 58.8 Å². The molecule has 2 N–H and O–H groups in total. The van der Waals surface area contributed by atoms with Gasteiger partial charge in [-0.15, -0.1) is 0 Å². The molecule has 0 heterocycles. The van der Waals surface area contributed by atoms with E-state index in [1.54, 1.807) is 0 Å². The zero-order chi connectivity index (χ0) is 14.8. The smallest absolute Gasteiger partial charge is 0.234 e. The molecule has 1 amide bonds. The van der Waals surface area contributed by atoms with Gasteiger partial charge in [-0.25, -0.2) is 0 Å². The number of nitrogens with one attached hydrogen (secondary N) is 2. The second-order valence-corrected chi connectivity index (χ2v) is 6.17. The highest BCUT2D eigenvalue weighted by molar-refractivity contribution is 5.78.